The Morgan fingerprint density at radius 2 is 1.05 bits per heavy atom. The van der Waals surface area contributed by atoms with Crippen LogP contribution in [0.25, 0.3) is 111 Å². The average molecular weight is 767 g/mol. The molecule has 0 aliphatic carbocycles. The molecule has 0 aliphatic heterocycles. The summed E-state index contributed by atoms with van der Waals surface area (Å²) in [5, 5.41) is 14.0. The monoisotopic (exact) mass is 766 g/mol. The summed E-state index contributed by atoms with van der Waals surface area (Å²) in [5.41, 5.74) is 11.9. The molecule has 3 heterocycles. The van der Waals surface area contributed by atoms with Gasteiger partial charge in [-0.3, -0.25) is 0 Å². The molecule has 0 unspecified atom stereocenters. The van der Waals surface area contributed by atoms with E-state index in [2.05, 4.69) is 94.3 Å². The molecule has 0 amide bonds. The second kappa shape index (κ2) is 14.1. The number of aromatic nitrogens is 4. The SMILES string of the molecule is [C-]#[N+]c1cc(C#N)cc(-c2ccc3c(c2)c2ccccc2n3-c2ccc(-c3ccc4oc5ccccc5c4c3)cc2-c2nc(-c3ccccc3)nc(-c3ccccc3)n2)c1. The van der Waals surface area contributed by atoms with Crippen LogP contribution < -0.4 is 0 Å². The van der Waals surface area contributed by atoms with E-state index in [9.17, 15) is 5.26 Å². The summed E-state index contributed by atoms with van der Waals surface area (Å²) < 4.78 is 8.48. The number of nitrogens with zero attached hydrogens (tertiary/aromatic N) is 6. The van der Waals surface area contributed by atoms with Crippen LogP contribution in [0.3, 0.4) is 0 Å². The first-order valence-electron chi connectivity index (χ1n) is 19.5. The van der Waals surface area contributed by atoms with Gasteiger partial charge in [0.15, 0.2) is 23.2 Å². The predicted octanol–water partition coefficient (Wildman–Crippen LogP) is 13.6. The lowest BCUT2D eigenvalue weighted by Crippen LogP contribution is -2.04. The van der Waals surface area contributed by atoms with E-state index in [0.29, 0.717) is 28.7 Å². The van der Waals surface area contributed by atoms with Crippen LogP contribution in [0, 0.1) is 17.9 Å². The third-order valence-electron chi connectivity index (χ3n) is 11.1. The number of furan rings is 1. The highest BCUT2D eigenvalue weighted by Crippen LogP contribution is 2.41. The van der Waals surface area contributed by atoms with Crippen LogP contribution in [0.15, 0.2) is 186 Å². The normalized spacial score (nSPS) is 11.3. The zero-order valence-corrected chi connectivity index (χ0v) is 31.9. The molecule has 11 rings (SSSR count). The standard InChI is InChI=1S/C53H30N6O/c1-55-40-27-33(32-54)26-39(28-40)38-21-23-47-43(29-38)41-16-8-10-18-46(41)59(47)48-24-20-36(37-22-25-50-44(30-37)42-17-9-11-19-49(42)60-50)31-45(48)53-57-51(34-12-4-2-5-13-34)56-52(58-53)35-14-6-3-7-15-35/h2-31H. The lowest BCUT2D eigenvalue weighted by Gasteiger charge is -2.16. The fourth-order valence-electron chi connectivity index (χ4n) is 8.24. The van der Waals surface area contributed by atoms with Crippen molar-refractivity contribution in [3.8, 4) is 68.2 Å². The highest BCUT2D eigenvalue weighted by atomic mass is 16.3. The van der Waals surface area contributed by atoms with Crippen molar-refractivity contribution in [2.24, 2.45) is 0 Å². The van der Waals surface area contributed by atoms with Gasteiger partial charge in [0.25, 0.3) is 0 Å². The van der Waals surface area contributed by atoms with E-state index in [1.807, 2.05) is 97.1 Å². The van der Waals surface area contributed by atoms with Gasteiger partial charge in [-0.1, -0.05) is 115 Å². The van der Waals surface area contributed by atoms with Gasteiger partial charge in [-0.05, 0) is 89.0 Å². The molecular formula is C53H30N6O. The summed E-state index contributed by atoms with van der Waals surface area (Å²) in [6, 6.07) is 63.2. The Morgan fingerprint density at radius 3 is 1.80 bits per heavy atom. The van der Waals surface area contributed by atoms with Crippen LogP contribution in [0.1, 0.15) is 5.56 Å². The number of hydrogen-bond donors (Lipinski definition) is 0. The molecule has 0 saturated heterocycles. The van der Waals surface area contributed by atoms with Crippen molar-refractivity contribution in [1.82, 2.24) is 19.5 Å². The van der Waals surface area contributed by atoms with Gasteiger partial charge in [-0.2, -0.15) is 5.26 Å². The molecule has 0 bridgehead atoms. The molecule has 0 atom stereocenters. The fraction of sp³-hybridized carbons (Fsp3) is 0. The second-order valence-electron chi connectivity index (χ2n) is 14.7. The lowest BCUT2D eigenvalue weighted by atomic mass is 9.99. The van der Waals surface area contributed by atoms with Crippen molar-refractivity contribution in [3.63, 3.8) is 0 Å². The van der Waals surface area contributed by atoms with Crippen molar-refractivity contribution in [2.75, 3.05) is 0 Å². The van der Waals surface area contributed by atoms with E-state index in [1.54, 1.807) is 6.07 Å². The molecule has 60 heavy (non-hydrogen) atoms. The van der Waals surface area contributed by atoms with E-state index in [4.69, 9.17) is 25.9 Å². The zero-order chi connectivity index (χ0) is 40.2. The Bertz CT molecular complexity index is 3480. The predicted molar refractivity (Wildman–Crippen MR) is 240 cm³/mol. The maximum absolute atomic E-state index is 9.75. The zero-order valence-electron chi connectivity index (χ0n) is 31.9. The van der Waals surface area contributed by atoms with Gasteiger partial charge < -0.3 is 8.98 Å². The van der Waals surface area contributed by atoms with Gasteiger partial charge in [0.1, 0.15) is 11.2 Å². The molecule has 278 valence electrons. The number of benzene rings is 8. The molecule has 3 aromatic heterocycles. The number of fused-ring (bicyclic) bond motifs is 6. The van der Waals surface area contributed by atoms with Crippen molar-refractivity contribution >= 4 is 49.4 Å². The van der Waals surface area contributed by atoms with E-state index >= 15 is 0 Å². The first-order valence-corrected chi connectivity index (χ1v) is 19.5. The van der Waals surface area contributed by atoms with Crippen LogP contribution in [0.5, 0.6) is 0 Å². The summed E-state index contributed by atoms with van der Waals surface area (Å²) in [5.74, 6) is 1.69. The Labute approximate surface area is 344 Å². The third-order valence-corrected chi connectivity index (χ3v) is 11.1. The Hall–Kier alpha value is -8.65. The summed E-state index contributed by atoms with van der Waals surface area (Å²) in [6.07, 6.45) is 0. The molecule has 7 nitrogen and oxygen atoms in total. The Morgan fingerprint density at radius 1 is 0.467 bits per heavy atom. The van der Waals surface area contributed by atoms with Crippen molar-refractivity contribution < 1.29 is 4.42 Å². The molecule has 8 aromatic carbocycles. The van der Waals surface area contributed by atoms with Gasteiger partial charge in [0, 0.05) is 43.8 Å². The third kappa shape index (κ3) is 5.86. The van der Waals surface area contributed by atoms with E-state index in [1.165, 1.54) is 0 Å². The smallest absolute Gasteiger partial charge is 0.189 e. The minimum absolute atomic E-state index is 0.429. The molecule has 0 spiro atoms. The Kier molecular flexibility index (Phi) is 8.11. The van der Waals surface area contributed by atoms with Crippen molar-refractivity contribution in [3.05, 3.63) is 199 Å². The summed E-state index contributed by atoms with van der Waals surface area (Å²) in [6.45, 7) is 7.65. The largest absolute Gasteiger partial charge is 0.456 e. The molecule has 0 N–H and O–H groups in total. The minimum Gasteiger partial charge on any atom is -0.456 e. The molecule has 0 saturated carbocycles. The summed E-state index contributed by atoms with van der Waals surface area (Å²) in [4.78, 5) is 19.1. The van der Waals surface area contributed by atoms with Crippen LogP contribution in [-0.4, -0.2) is 19.5 Å². The van der Waals surface area contributed by atoms with Crippen molar-refractivity contribution in [2.45, 2.75) is 0 Å². The molecule has 7 heteroatoms. The minimum atomic E-state index is 0.429. The topological polar surface area (TPSA) is 84.9 Å². The van der Waals surface area contributed by atoms with Crippen LogP contribution in [0.4, 0.5) is 5.69 Å². The molecule has 0 radical (unpaired) electrons. The maximum atomic E-state index is 9.75. The van der Waals surface area contributed by atoms with Crippen LogP contribution in [0.2, 0.25) is 0 Å². The summed E-state index contributed by atoms with van der Waals surface area (Å²) in [7, 11) is 0. The van der Waals surface area contributed by atoms with Crippen molar-refractivity contribution in [1.29, 1.82) is 5.26 Å². The highest BCUT2D eigenvalue weighted by molar-refractivity contribution is 6.11. The Balaban J connectivity index is 1.18. The maximum Gasteiger partial charge on any atom is 0.189 e. The number of rotatable bonds is 6. The fourth-order valence-corrected chi connectivity index (χ4v) is 8.24. The van der Waals surface area contributed by atoms with E-state index in [0.717, 1.165) is 88.4 Å². The van der Waals surface area contributed by atoms with Gasteiger partial charge in [0.2, 0.25) is 0 Å². The number of hydrogen-bond acceptors (Lipinski definition) is 5. The van der Waals surface area contributed by atoms with Gasteiger partial charge >= 0.3 is 0 Å². The van der Waals surface area contributed by atoms with E-state index < -0.39 is 0 Å². The molecule has 0 fully saturated rings. The first-order chi connectivity index (χ1) is 29.6. The first kappa shape index (κ1) is 34.6. The van der Waals surface area contributed by atoms with Gasteiger partial charge in [0.05, 0.1) is 29.4 Å². The number of para-hydroxylation sites is 2. The quantitative estimate of drug-likeness (QED) is 0.157. The van der Waals surface area contributed by atoms with Crippen LogP contribution in [-0.2, 0) is 0 Å². The highest BCUT2D eigenvalue weighted by Gasteiger charge is 2.21. The van der Waals surface area contributed by atoms with Gasteiger partial charge in [-0.15, -0.1) is 0 Å². The van der Waals surface area contributed by atoms with E-state index in [-0.39, 0.29) is 0 Å². The molecule has 11 aromatic rings. The second-order valence-corrected chi connectivity index (χ2v) is 14.7. The van der Waals surface area contributed by atoms with Crippen LogP contribution >= 0.6 is 0 Å². The molecular weight excluding hydrogens is 737 g/mol. The lowest BCUT2D eigenvalue weighted by molar-refractivity contribution is 0.669. The molecule has 0 aliphatic rings. The number of nitriles is 1. The average Bonchev–Trinajstić information content (AvgIpc) is 3.86. The summed E-state index contributed by atoms with van der Waals surface area (Å²) >= 11 is 0. The van der Waals surface area contributed by atoms with Gasteiger partial charge in [-0.25, -0.2) is 19.8 Å².